The predicted octanol–water partition coefficient (Wildman–Crippen LogP) is 3.63. The van der Waals surface area contributed by atoms with Gasteiger partial charge in [-0.3, -0.25) is 4.79 Å². The van der Waals surface area contributed by atoms with E-state index in [4.69, 9.17) is 17.0 Å². The summed E-state index contributed by atoms with van der Waals surface area (Å²) >= 11 is 6.44. The summed E-state index contributed by atoms with van der Waals surface area (Å²) in [5.74, 6) is 0.712. The number of nitrogens with zero attached hydrogens (tertiary/aromatic N) is 2. The lowest BCUT2D eigenvalue weighted by Crippen LogP contribution is -2.73. The van der Waals surface area contributed by atoms with E-state index in [0.29, 0.717) is 16.7 Å². The number of carbonyl (C=O) groups excluding carboxylic acids is 1. The third kappa shape index (κ3) is 3.37. The van der Waals surface area contributed by atoms with Crippen molar-refractivity contribution in [1.29, 1.82) is 10.7 Å². The Hall–Kier alpha value is -1.90. The zero-order chi connectivity index (χ0) is 21.0. The van der Waals surface area contributed by atoms with Crippen LogP contribution >= 0.6 is 11.6 Å². The van der Waals surface area contributed by atoms with E-state index in [9.17, 15) is 10.1 Å². The minimum atomic E-state index is -0.624. The van der Waals surface area contributed by atoms with Crippen LogP contribution in [-0.4, -0.2) is 35.7 Å². The Morgan fingerprint density at radius 1 is 1.34 bits per heavy atom. The Labute approximate surface area is 177 Å². The van der Waals surface area contributed by atoms with Crippen LogP contribution in [0.3, 0.4) is 0 Å². The molecule has 2 saturated heterocycles. The summed E-state index contributed by atoms with van der Waals surface area (Å²) in [4.78, 5) is 15.5. The minimum Gasteiger partial charge on any atom is -0.337 e. The minimum absolute atomic E-state index is 0.121. The van der Waals surface area contributed by atoms with Crippen molar-refractivity contribution < 1.29 is 10.1 Å². The van der Waals surface area contributed by atoms with Gasteiger partial charge in [-0.05, 0) is 50.2 Å². The van der Waals surface area contributed by atoms with Crippen LogP contribution in [0.4, 0.5) is 5.69 Å². The maximum atomic E-state index is 13.4. The summed E-state index contributed by atoms with van der Waals surface area (Å²) in [6.45, 7) is 3.92. The van der Waals surface area contributed by atoms with E-state index in [1.165, 1.54) is 0 Å². The molecule has 2 unspecified atom stereocenters. The number of nitriles is 1. The fraction of sp³-hybridized carbons (Fsp3) is 0.609. The maximum Gasteiger partial charge on any atom is 0.224 e. The number of carbonyl (C=O) groups is 1. The number of hydrogen-bond donors (Lipinski definition) is 2. The molecule has 3 N–H and O–H groups in total. The van der Waals surface area contributed by atoms with Gasteiger partial charge in [0.1, 0.15) is 5.69 Å². The molecule has 2 saturated carbocycles. The Morgan fingerprint density at radius 2 is 2.00 bits per heavy atom. The van der Waals surface area contributed by atoms with Gasteiger partial charge in [-0.15, -0.1) is 0 Å². The van der Waals surface area contributed by atoms with E-state index in [1.54, 1.807) is 6.07 Å². The average molecular weight is 414 g/mol. The van der Waals surface area contributed by atoms with Crippen molar-refractivity contribution in [3.63, 3.8) is 0 Å². The molecule has 2 heterocycles. The number of hydrogen-bond acceptors (Lipinski definition) is 3. The van der Waals surface area contributed by atoms with Crippen LogP contribution in [0.2, 0.25) is 5.02 Å². The average Bonchev–Trinajstić information content (AvgIpc) is 2.66. The number of rotatable bonds is 5. The molecular weight excluding hydrogens is 384 g/mol. The summed E-state index contributed by atoms with van der Waals surface area (Å²) in [6.07, 6.45) is 5.00. The summed E-state index contributed by atoms with van der Waals surface area (Å²) in [6, 6.07) is 8.62. The molecule has 4 fully saturated rings. The highest BCUT2D eigenvalue weighted by atomic mass is 35.5. The molecule has 4 bridgehead atoms. The first-order chi connectivity index (χ1) is 13.7. The van der Waals surface area contributed by atoms with Gasteiger partial charge in [-0.2, -0.15) is 5.26 Å². The molecule has 0 aromatic heterocycles. The molecule has 5 rings (SSSR count). The normalized spacial score (nSPS) is 30.3. The van der Waals surface area contributed by atoms with Crippen LogP contribution in [0.1, 0.15) is 57.9 Å². The largest absolute Gasteiger partial charge is 0.337 e. The summed E-state index contributed by atoms with van der Waals surface area (Å²) in [7, 11) is 1.94. The van der Waals surface area contributed by atoms with Crippen LogP contribution < -0.4 is 5.32 Å². The van der Waals surface area contributed by atoms with Crippen molar-refractivity contribution in [2.45, 2.75) is 64.5 Å². The van der Waals surface area contributed by atoms with Crippen molar-refractivity contribution in [2.75, 3.05) is 7.05 Å². The molecule has 1 amide bonds. The summed E-state index contributed by atoms with van der Waals surface area (Å²) in [5.41, 5.74) is 1.22. The van der Waals surface area contributed by atoms with Gasteiger partial charge in [0.15, 0.2) is 0 Å². The van der Waals surface area contributed by atoms with Gasteiger partial charge >= 0.3 is 0 Å². The van der Waals surface area contributed by atoms with E-state index in [-0.39, 0.29) is 29.8 Å². The van der Waals surface area contributed by atoms with Crippen LogP contribution in [0.5, 0.6) is 0 Å². The van der Waals surface area contributed by atoms with Gasteiger partial charge in [0.2, 0.25) is 5.91 Å². The molecular formula is C23H30ClN4O+. The molecule has 2 aliphatic heterocycles. The van der Waals surface area contributed by atoms with Crippen LogP contribution in [0, 0.1) is 33.5 Å². The highest BCUT2D eigenvalue weighted by Crippen LogP contribution is 2.56. The second-order valence-corrected chi connectivity index (χ2v) is 10.3. The molecule has 5 nitrogen and oxygen atoms in total. The molecule has 1 aromatic carbocycles. The predicted molar refractivity (Wildman–Crippen MR) is 113 cm³/mol. The van der Waals surface area contributed by atoms with Crippen molar-refractivity contribution in [1.82, 2.24) is 4.90 Å². The Balaban J connectivity index is 1.54. The first-order valence-corrected chi connectivity index (χ1v) is 11.0. The number of amides is 1. The summed E-state index contributed by atoms with van der Waals surface area (Å²) < 4.78 is 0. The third-order valence-electron chi connectivity index (χ3n) is 7.33. The molecule has 29 heavy (non-hydrogen) atoms. The van der Waals surface area contributed by atoms with E-state index in [2.05, 4.69) is 11.0 Å². The topological polar surface area (TPSA) is 84.6 Å². The monoisotopic (exact) mass is 413 g/mol. The van der Waals surface area contributed by atoms with E-state index in [1.807, 2.05) is 38.3 Å². The third-order valence-corrected chi connectivity index (χ3v) is 7.65. The fourth-order valence-corrected chi connectivity index (χ4v) is 6.39. The number of nitrogens with two attached hydrogens (primary N) is 1. The van der Waals surface area contributed by atoms with Crippen LogP contribution in [-0.2, 0) is 4.79 Å². The fourth-order valence-electron chi connectivity index (χ4n) is 6.11. The number of quaternary nitrogens is 1. The van der Waals surface area contributed by atoms with E-state index < -0.39 is 5.41 Å². The Kier molecular flexibility index (Phi) is 4.99. The van der Waals surface area contributed by atoms with Crippen molar-refractivity contribution in [3.05, 3.63) is 28.8 Å². The number of halogens is 1. The van der Waals surface area contributed by atoms with Gasteiger partial charge < -0.3 is 15.6 Å². The second kappa shape index (κ2) is 7.11. The van der Waals surface area contributed by atoms with Gasteiger partial charge in [-0.25, -0.2) is 0 Å². The first-order valence-electron chi connectivity index (χ1n) is 10.6. The lowest BCUT2D eigenvalue weighted by Gasteiger charge is -2.59. The molecule has 2 aliphatic carbocycles. The summed E-state index contributed by atoms with van der Waals surface area (Å²) in [5, 5.41) is 21.1. The van der Waals surface area contributed by atoms with E-state index >= 15 is 0 Å². The number of piperidine rings is 2. The Bertz CT molecular complexity index is 887. The van der Waals surface area contributed by atoms with E-state index in [0.717, 1.165) is 43.4 Å². The lowest BCUT2D eigenvalue weighted by atomic mass is 9.56. The molecule has 0 spiro atoms. The smallest absolute Gasteiger partial charge is 0.224 e. The maximum absolute atomic E-state index is 13.4. The molecule has 1 aromatic rings. The first kappa shape index (κ1) is 20.4. The van der Waals surface area contributed by atoms with Gasteiger partial charge in [0.05, 0.1) is 34.8 Å². The molecule has 0 radical (unpaired) electrons. The highest BCUT2D eigenvalue weighted by molar-refractivity contribution is 6.35. The van der Waals surface area contributed by atoms with Gasteiger partial charge in [0, 0.05) is 23.9 Å². The second-order valence-electron chi connectivity index (χ2n) is 9.88. The number of benzene rings is 1. The van der Waals surface area contributed by atoms with Crippen molar-refractivity contribution in [3.8, 4) is 6.07 Å². The van der Waals surface area contributed by atoms with Crippen LogP contribution in [0.25, 0.3) is 0 Å². The number of nitrogens with one attached hydrogen (secondary N) is 1. The SMILES string of the molecule is C[NH2+]c1cccc(Cl)c1C(=N)C(C)(C)CC(=O)N1C2CC3CC1CC(C#N)(C3)C2. The molecule has 4 aliphatic rings. The molecule has 2 atom stereocenters. The van der Waals surface area contributed by atoms with Gasteiger partial charge in [-0.1, -0.05) is 31.5 Å². The zero-order valence-electron chi connectivity index (χ0n) is 17.5. The molecule has 154 valence electrons. The highest BCUT2D eigenvalue weighted by Gasteiger charge is 2.56. The van der Waals surface area contributed by atoms with Crippen LogP contribution in [0.15, 0.2) is 18.2 Å². The van der Waals surface area contributed by atoms with Crippen molar-refractivity contribution >= 4 is 28.9 Å². The quantitative estimate of drug-likeness (QED) is 0.570. The standard InChI is InChI=1S/C23H29ClN4O/c1-22(2,21(26)20-17(24)5-4-6-18(20)27-3)12-19(29)28-15-7-14-8-16(28)11-23(9-14,10-15)13-25/h4-6,14-16,26-27H,7-12H2,1-3H3/p+1. The van der Waals surface area contributed by atoms with Crippen molar-refractivity contribution in [2.24, 2.45) is 16.7 Å². The van der Waals surface area contributed by atoms with Gasteiger partial charge in [0.25, 0.3) is 0 Å². The molecule has 6 heteroatoms. The Morgan fingerprint density at radius 3 is 2.59 bits per heavy atom. The lowest BCUT2D eigenvalue weighted by molar-refractivity contribution is -0.539. The zero-order valence-corrected chi connectivity index (χ0v) is 18.2.